The summed E-state index contributed by atoms with van der Waals surface area (Å²) in [5.74, 6) is -0.113. The standard InChI is InChI=1S/C25H29FN6O2/c1-15(18-9-23(34-4)27-10-19(18)26)24(33)32-12-21(25(13-32)7-8-25)30-22-6-5-17(16(2)29-22)20-11-31(3)14-28-20/h5-6,9-11,14-15,21H,7-8,12-13H2,1-4H3,(H,29,30)/t15?,21-/m1/s1. The van der Waals surface area contributed by atoms with Gasteiger partial charge in [-0.3, -0.25) is 4.79 Å². The van der Waals surface area contributed by atoms with E-state index in [2.05, 4.69) is 15.3 Å². The van der Waals surface area contributed by atoms with Gasteiger partial charge in [0, 0.05) is 54.6 Å². The molecule has 0 bridgehead atoms. The fourth-order valence-electron chi connectivity index (χ4n) is 4.93. The number of anilines is 1. The highest BCUT2D eigenvalue weighted by Gasteiger charge is 2.56. The number of pyridine rings is 2. The van der Waals surface area contributed by atoms with Crippen molar-refractivity contribution in [3.05, 3.63) is 54.0 Å². The molecule has 1 amide bonds. The van der Waals surface area contributed by atoms with Gasteiger partial charge in [0.15, 0.2) is 0 Å². The molecule has 1 N–H and O–H groups in total. The molecule has 1 spiro atoms. The molecule has 1 aliphatic carbocycles. The quantitative estimate of drug-likeness (QED) is 0.601. The number of aryl methyl sites for hydroxylation is 2. The molecule has 9 heteroatoms. The Bertz CT molecular complexity index is 1240. The molecular weight excluding hydrogens is 435 g/mol. The second-order valence-electron chi connectivity index (χ2n) is 9.50. The molecule has 1 saturated carbocycles. The van der Waals surface area contributed by atoms with E-state index in [0.29, 0.717) is 24.5 Å². The van der Waals surface area contributed by atoms with Crippen LogP contribution in [0.4, 0.5) is 10.2 Å². The zero-order chi connectivity index (χ0) is 24.0. The maximum absolute atomic E-state index is 14.4. The van der Waals surface area contributed by atoms with Crippen LogP contribution in [0.15, 0.2) is 36.9 Å². The van der Waals surface area contributed by atoms with E-state index >= 15 is 0 Å². The lowest BCUT2D eigenvalue weighted by Crippen LogP contribution is -2.34. The number of ether oxygens (including phenoxy) is 1. The van der Waals surface area contributed by atoms with Crippen LogP contribution in [0.5, 0.6) is 5.88 Å². The molecule has 3 aromatic heterocycles. The number of methoxy groups -OCH3 is 1. The summed E-state index contributed by atoms with van der Waals surface area (Å²) in [5, 5.41) is 3.58. The van der Waals surface area contributed by atoms with Gasteiger partial charge in [-0.25, -0.2) is 19.3 Å². The Morgan fingerprint density at radius 2 is 2.12 bits per heavy atom. The number of carbonyl (C=O) groups excluding carboxylic acids is 1. The number of hydrogen-bond donors (Lipinski definition) is 1. The summed E-state index contributed by atoms with van der Waals surface area (Å²) in [4.78, 5) is 28.2. The number of nitrogens with zero attached hydrogens (tertiary/aromatic N) is 5. The first kappa shape index (κ1) is 22.3. The van der Waals surface area contributed by atoms with Crippen molar-refractivity contribution in [1.82, 2.24) is 24.4 Å². The van der Waals surface area contributed by atoms with Gasteiger partial charge >= 0.3 is 0 Å². The zero-order valence-corrected chi connectivity index (χ0v) is 19.9. The van der Waals surface area contributed by atoms with E-state index in [1.807, 2.05) is 41.8 Å². The Morgan fingerprint density at radius 3 is 2.76 bits per heavy atom. The number of imidazole rings is 1. The van der Waals surface area contributed by atoms with Crippen LogP contribution >= 0.6 is 0 Å². The summed E-state index contributed by atoms with van der Waals surface area (Å²) < 4.78 is 21.4. The van der Waals surface area contributed by atoms with Crippen LogP contribution in [0.1, 0.15) is 36.9 Å². The van der Waals surface area contributed by atoms with Crippen molar-refractivity contribution < 1.29 is 13.9 Å². The van der Waals surface area contributed by atoms with Gasteiger partial charge in [0.1, 0.15) is 11.6 Å². The van der Waals surface area contributed by atoms with Crippen LogP contribution in [0.25, 0.3) is 11.3 Å². The van der Waals surface area contributed by atoms with E-state index in [1.54, 1.807) is 13.3 Å². The first-order valence-electron chi connectivity index (χ1n) is 11.5. The molecule has 34 heavy (non-hydrogen) atoms. The van der Waals surface area contributed by atoms with Gasteiger partial charge in [0.05, 0.1) is 37.3 Å². The molecular formula is C25H29FN6O2. The third kappa shape index (κ3) is 3.99. The highest BCUT2D eigenvalue weighted by molar-refractivity contribution is 5.84. The van der Waals surface area contributed by atoms with E-state index in [9.17, 15) is 9.18 Å². The molecule has 0 radical (unpaired) electrons. The lowest BCUT2D eigenvalue weighted by Gasteiger charge is -2.22. The number of halogens is 1. The largest absolute Gasteiger partial charge is 0.481 e. The smallest absolute Gasteiger partial charge is 0.230 e. The Hall–Kier alpha value is -3.49. The van der Waals surface area contributed by atoms with Gasteiger partial charge < -0.3 is 19.5 Å². The topological polar surface area (TPSA) is 85.2 Å². The average Bonchev–Trinajstić information content (AvgIpc) is 3.34. The summed E-state index contributed by atoms with van der Waals surface area (Å²) in [6.07, 6.45) is 6.98. The Balaban J connectivity index is 1.31. The molecule has 4 heterocycles. The first-order chi connectivity index (χ1) is 16.3. The van der Waals surface area contributed by atoms with Gasteiger partial charge in [0.2, 0.25) is 11.8 Å². The minimum Gasteiger partial charge on any atom is -0.481 e. The van der Waals surface area contributed by atoms with Gasteiger partial charge in [0.25, 0.3) is 0 Å². The number of nitrogens with one attached hydrogen (secondary N) is 1. The van der Waals surface area contributed by atoms with E-state index in [1.165, 1.54) is 13.2 Å². The monoisotopic (exact) mass is 464 g/mol. The highest BCUT2D eigenvalue weighted by atomic mass is 19.1. The second kappa shape index (κ2) is 8.38. The van der Waals surface area contributed by atoms with Gasteiger partial charge in [-0.2, -0.15) is 0 Å². The minimum atomic E-state index is -0.621. The molecule has 2 fully saturated rings. The number of amides is 1. The van der Waals surface area contributed by atoms with Crippen molar-refractivity contribution in [2.75, 3.05) is 25.5 Å². The molecule has 2 aliphatic rings. The van der Waals surface area contributed by atoms with Gasteiger partial charge in [-0.1, -0.05) is 0 Å². The van der Waals surface area contributed by atoms with Crippen molar-refractivity contribution in [3.8, 4) is 17.1 Å². The molecule has 0 aromatic carbocycles. The van der Waals surface area contributed by atoms with Crippen LogP contribution in [0.2, 0.25) is 0 Å². The molecule has 1 aliphatic heterocycles. The third-order valence-corrected chi connectivity index (χ3v) is 7.15. The molecule has 5 rings (SSSR count). The van der Waals surface area contributed by atoms with Crippen molar-refractivity contribution in [3.63, 3.8) is 0 Å². The molecule has 1 saturated heterocycles. The molecule has 2 atom stereocenters. The highest BCUT2D eigenvalue weighted by Crippen LogP contribution is 2.54. The lowest BCUT2D eigenvalue weighted by molar-refractivity contribution is -0.131. The maximum Gasteiger partial charge on any atom is 0.230 e. The fraction of sp³-hybridized carbons (Fsp3) is 0.440. The van der Waals surface area contributed by atoms with Gasteiger partial charge in [-0.15, -0.1) is 0 Å². The van der Waals surface area contributed by atoms with E-state index in [0.717, 1.165) is 41.8 Å². The third-order valence-electron chi connectivity index (χ3n) is 7.15. The fourth-order valence-corrected chi connectivity index (χ4v) is 4.93. The van der Waals surface area contributed by atoms with E-state index in [-0.39, 0.29) is 17.4 Å². The lowest BCUT2D eigenvalue weighted by atomic mass is 10.00. The molecule has 8 nitrogen and oxygen atoms in total. The maximum atomic E-state index is 14.4. The number of carbonyl (C=O) groups is 1. The predicted octanol–water partition coefficient (Wildman–Crippen LogP) is 3.54. The van der Waals surface area contributed by atoms with E-state index in [4.69, 9.17) is 9.72 Å². The second-order valence-corrected chi connectivity index (χ2v) is 9.50. The van der Waals surface area contributed by atoms with Crippen molar-refractivity contribution >= 4 is 11.7 Å². The first-order valence-corrected chi connectivity index (χ1v) is 11.5. The van der Waals surface area contributed by atoms with Crippen molar-refractivity contribution in [1.29, 1.82) is 0 Å². The van der Waals surface area contributed by atoms with Gasteiger partial charge in [-0.05, 0) is 38.8 Å². The number of likely N-dealkylation sites (tertiary alicyclic amines) is 1. The summed E-state index contributed by atoms with van der Waals surface area (Å²) in [6, 6.07) is 5.62. The summed E-state index contributed by atoms with van der Waals surface area (Å²) in [6.45, 7) is 4.95. The number of rotatable bonds is 6. The van der Waals surface area contributed by atoms with Crippen LogP contribution < -0.4 is 10.1 Å². The Morgan fingerprint density at radius 1 is 1.32 bits per heavy atom. The predicted molar refractivity (Wildman–Crippen MR) is 126 cm³/mol. The molecule has 178 valence electrons. The number of hydrogen-bond acceptors (Lipinski definition) is 6. The van der Waals surface area contributed by atoms with Crippen LogP contribution in [-0.2, 0) is 11.8 Å². The van der Waals surface area contributed by atoms with Crippen molar-refractivity contribution in [2.45, 2.75) is 38.6 Å². The Labute approximate surface area is 198 Å². The molecule has 1 unspecified atom stereocenters. The Kier molecular flexibility index (Phi) is 5.50. The normalized spacial score (nSPS) is 19.3. The van der Waals surface area contributed by atoms with Crippen LogP contribution in [-0.4, -0.2) is 56.6 Å². The van der Waals surface area contributed by atoms with Crippen molar-refractivity contribution in [2.24, 2.45) is 12.5 Å². The minimum absolute atomic E-state index is 0.0547. The molecule has 3 aromatic rings. The van der Waals surface area contributed by atoms with Crippen LogP contribution in [0, 0.1) is 18.2 Å². The summed E-state index contributed by atoms with van der Waals surface area (Å²) >= 11 is 0. The summed E-state index contributed by atoms with van der Waals surface area (Å²) in [7, 11) is 3.42. The average molecular weight is 465 g/mol. The SMILES string of the molecule is COc1cc(C(C)C(=O)N2C[C@@H](Nc3ccc(-c4cn(C)cn4)c(C)n3)C3(CC3)C2)c(F)cn1. The summed E-state index contributed by atoms with van der Waals surface area (Å²) in [5.41, 5.74) is 3.15. The number of aromatic nitrogens is 4. The van der Waals surface area contributed by atoms with Crippen LogP contribution in [0.3, 0.4) is 0 Å². The zero-order valence-electron chi connectivity index (χ0n) is 19.9. The van der Waals surface area contributed by atoms with E-state index < -0.39 is 11.7 Å².